The van der Waals surface area contributed by atoms with Crippen molar-refractivity contribution < 1.29 is 4.79 Å². The fourth-order valence-electron chi connectivity index (χ4n) is 3.89. The molecule has 4 rings (SSSR count). The number of thiophene rings is 1. The first-order valence-corrected chi connectivity index (χ1v) is 10.4. The van der Waals surface area contributed by atoms with Gasteiger partial charge >= 0.3 is 5.69 Å². The molecule has 0 spiro atoms. The summed E-state index contributed by atoms with van der Waals surface area (Å²) in [4.78, 5) is 25.5. The summed E-state index contributed by atoms with van der Waals surface area (Å²) in [6.45, 7) is 2.68. The number of aryl methyl sites for hydroxylation is 1. The molecule has 0 bridgehead atoms. The van der Waals surface area contributed by atoms with Crippen LogP contribution in [0.3, 0.4) is 0 Å². The Balaban J connectivity index is 1.44. The lowest BCUT2D eigenvalue weighted by Crippen LogP contribution is -2.44. The van der Waals surface area contributed by atoms with Crippen LogP contribution < -0.4 is 11.0 Å². The molecule has 146 valence electrons. The second-order valence-corrected chi connectivity index (χ2v) is 8.18. The van der Waals surface area contributed by atoms with E-state index in [9.17, 15) is 9.59 Å². The number of carbonyl (C=O) groups is 1. The molecule has 0 saturated heterocycles. The lowest BCUT2D eigenvalue weighted by atomic mass is 9.77. The Morgan fingerprint density at radius 3 is 2.61 bits per heavy atom. The summed E-state index contributed by atoms with van der Waals surface area (Å²) in [5.41, 5.74) is 1.50. The molecule has 0 aliphatic heterocycles. The van der Waals surface area contributed by atoms with Crippen molar-refractivity contribution in [2.45, 2.75) is 44.6 Å². The van der Waals surface area contributed by atoms with Crippen molar-refractivity contribution in [3.8, 4) is 5.00 Å². The van der Waals surface area contributed by atoms with E-state index in [4.69, 9.17) is 0 Å². The summed E-state index contributed by atoms with van der Waals surface area (Å²) in [5.74, 6) is 0.0348. The van der Waals surface area contributed by atoms with Gasteiger partial charge in [0, 0.05) is 6.54 Å². The third-order valence-electron chi connectivity index (χ3n) is 5.46. The van der Waals surface area contributed by atoms with Crippen LogP contribution in [0.1, 0.15) is 36.8 Å². The number of hydrogen-bond acceptors (Lipinski definition) is 5. The molecule has 3 aromatic rings. The van der Waals surface area contributed by atoms with Gasteiger partial charge in [-0.05, 0) is 53.3 Å². The van der Waals surface area contributed by atoms with Gasteiger partial charge in [0.15, 0.2) is 0 Å². The van der Waals surface area contributed by atoms with Crippen LogP contribution in [0.25, 0.3) is 5.00 Å². The zero-order valence-electron chi connectivity index (χ0n) is 15.8. The smallest absolute Gasteiger partial charge is 0.353 e. The molecule has 28 heavy (non-hydrogen) atoms. The van der Waals surface area contributed by atoms with E-state index < -0.39 is 5.41 Å². The molecule has 8 heteroatoms. The normalized spacial score (nSPS) is 15.6. The second kappa shape index (κ2) is 7.71. The number of tetrazole rings is 1. The molecule has 2 heterocycles. The molecule has 1 N–H and O–H groups in total. The molecule has 1 saturated carbocycles. The van der Waals surface area contributed by atoms with E-state index in [1.807, 2.05) is 24.4 Å². The van der Waals surface area contributed by atoms with Crippen molar-refractivity contribution in [1.82, 2.24) is 25.1 Å². The molecule has 1 aromatic carbocycles. The number of nitrogens with zero attached hydrogens (tertiary/aromatic N) is 4. The minimum absolute atomic E-state index is 0.0348. The van der Waals surface area contributed by atoms with E-state index in [0.717, 1.165) is 36.2 Å². The summed E-state index contributed by atoms with van der Waals surface area (Å²) in [7, 11) is 0. The van der Waals surface area contributed by atoms with Crippen molar-refractivity contribution in [2.75, 3.05) is 6.54 Å². The van der Waals surface area contributed by atoms with E-state index in [1.54, 1.807) is 0 Å². The number of nitrogens with one attached hydrogen (secondary N) is 1. The maximum Gasteiger partial charge on any atom is 0.369 e. The van der Waals surface area contributed by atoms with Crippen molar-refractivity contribution in [3.05, 3.63) is 63.4 Å². The van der Waals surface area contributed by atoms with Crippen LogP contribution in [0.4, 0.5) is 0 Å². The average molecular weight is 398 g/mol. The Labute approximate surface area is 167 Å². The minimum atomic E-state index is -0.465. The molecule has 7 nitrogen and oxygen atoms in total. The summed E-state index contributed by atoms with van der Waals surface area (Å²) in [6.07, 6.45) is 3.82. The number of aromatic nitrogens is 4. The highest BCUT2D eigenvalue weighted by Crippen LogP contribution is 2.41. The van der Waals surface area contributed by atoms with Crippen LogP contribution in [0.15, 0.2) is 46.6 Å². The molecule has 2 aromatic heterocycles. The van der Waals surface area contributed by atoms with E-state index in [-0.39, 0.29) is 11.6 Å². The molecule has 0 unspecified atom stereocenters. The molecule has 0 radical (unpaired) electrons. The highest BCUT2D eigenvalue weighted by molar-refractivity contribution is 7.12. The number of amides is 1. The van der Waals surface area contributed by atoms with Gasteiger partial charge < -0.3 is 5.32 Å². The zero-order valence-corrected chi connectivity index (χ0v) is 16.6. The van der Waals surface area contributed by atoms with Gasteiger partial charge in [-0.15, -0.1) is 11.3 Å². The van der Waals surface area contributed by atoms with Gasteiger partial charge in [-0.1, -0.05) is 42.7 Å². The molecule has 1 amide bonds. The van der Waals surface area contributed by atoms with E-state index >= 15 is 0 Å². The van der Waals surface area contributed by atoms with Gasteiger partial charge in [0.25, 0.3) is 0 Å². The molecule has 0 atom stereocenters. The van der Waals surface area contributed by atoms with Crippen LogP contribution in [0, 0.1) is 6.92 Å². The predicted octanol–water partition coefficient (Wildman–Crippen LogP) is 2.43. The van der Waals surface area contributed by atoms with Crippen LogP contribution in [-0.4, -0.2) is 32.2 Å². The SMILES string of the molecule is Cc1ccc(C2(C(=O)NCCn3nnn(-c4cccs4)c3=O)CCCC2)cc1. The van der Waals surface area contributed by atoms with Crippen LogP contribution >= 0.6 is 11.3 Å². The van der Waals surface area contributed by atoms with Gasteiger partial charge in [-0.25, -0.2) is 4.79 Å². The van der Waals surface area contributed by atoms with Gasteiger partial charge in [0.2, 0.25) is 5.91 Å². The van der Waals surface area contributed by atoms with Crippen LogP contribution in [0.5, 0.6) is 0 Å². The lowest BCUT2D eigenvalue weighted by Gasteiger charge is -2.28. The minimum Gasteiger partial charge on any atom is -0.353 e. The van der Waals surface area contributed by atoms with Crippen molar-refractivity contribution >= 4 is 17.2 Å². The van der Waals surface area contributed by atoms with Gasteiger partial charge in [0.1, 0.15) is 5.00 Å². The third-order valence-corrected chi connectivity index (χ3v) is 6.30. The fraction of sp³-hybridized carbons (Fsp3) is 0.400. The summed E-state index contributed by atoms with van der Waals surface area (Å²) in [6, 6.07) is 11.9. The fourth-order valence-corrected chi connectivity index (χ4v) is 4.55. The quantitative estimate of drug-likeness (QED) is 0.693. The number of hydrogen-bond donors (Lipinski definition) is 1. The summed E-state index contributed by atoms with van der Waals surface area (Å²) < 4.78 is 2.56. The average Bonchev–Trinajstić information content (AvgIpc) is 3.44. The Morgan fingerprint density at radius 2 is 1.93 bits per heavy atom. The molecular formula is C20H23N5O2S. The monoisotopic (exact) mass is 397 g/mol. The highest BCUT2D eigenvalue weighted by atomic mass is 32.1. The first kappa shape index (κ1) is 18.6. The molecular weight excluding hydrogens is 374 g/mol. The Morgan fingerprint density at radius 1 is 1.18 bits per heavy atom. The Kier molecular flexibility index (Phi) is 5.13. The van der Waals surface area contributed by atoms with Gasteiger partial charge in [-0.2, -0.15) is 9.36 Å². The largest absolute Gasteiger partial charge is 0.369 e. The van der Waals surface area contributed by atoms with E-state index in [2.05, 4.69) is 40.0 Å². The Hall–Kier alpha value is -2.74. The Bertz CT molecular complexity index is 998. The van der Waals surface area contributed by atoms with Crippen molar-refractivity contribution in [1.29, 1.82) is 0 Å². The van der Waals surface area contributed by atoms with E-state index in [0.29, 0.717) is 13.1 Å². The second-order valence-electron chi connectivity index (χ2n) is 7.26. The molecule has 1 aliphatic carbocycles. The first-order chi connectivity index (χ1) is 13.6. The van der Waals surface area contributed by atoms with Crippen LogP contribution in [-0.2, 0) is 16.8 Å². The topological polar surface area (TPSA) is 81.8 Å². The number of carbonyl (C=O) groups excluding carboxylic acids is 1. The summed E-state index contributed by atoms with van der Waals surface area (Å²) in [5, 5.41) is 13.5. The first-order valence-electron chi connectivity index (χ1n) is 9.52. The van der Waals surface area contributed by atoms with Gasteiger partial charge in [0.05, 0.1) is 12.0 Å². The summed E-state index contributed by atoms with van der Waals surface area (Å²) >= 11 is 1.42. The zero-order chi connectivity index (χ0) is 19.6. The predicted molar refractivity (Wildman–Crippen MR) is 108 cm³/mol. The molecule has 1 fully saturated rings. The third kappa shape index (κ3) is 3.40. The highest BCUT2D eigenvalue weighted by Gasteiger charge is 2.42. The molecule has 1 aliphatic rings. The maximum atomic E-state index is 13.1. The van der Waals surface area contributed by atoms with E-state index in [1.165, 1.54) is 26.3 Å². The number of rotatable bonds is 6. The number of benzene rings is 1. The standard InChI is InChI=1S/C20H23N5O2S/c1-15-6-8-16(9-7-15)20(10-2-3-11-20)18(26)21-12-13-24-19(27)25(23-22-24)17-5-4-14-28-17/h4-9,14H,2-3,10-13H2,1H3,(H,21,26). The van der Waals surface area contributed by atoms with Crippen LogP contribution in [0.2, 0.25) is 0 Å². The lowest BCUT2D eigenvalue weighted by molar-refractivity contribution is -0.126. The van der Waals surface area contributed by atoms with Crippen molar-refractivity contribution in [3.63, 3.8) is 0 Å². The maximum absolute atomic E-state index is 13.1. The van der Waals surface area contributed by atoms with Gasteiger partial charge in [-0.3, -0.25) is 4.79 Å². The van der Waals surface area contributed by atoms with Crippen molar-refractivity contribution in [2.24, 2.45) is 0 Å².